The minimum atomic E-state index is 0.597. The van der Waals surface area contributed by atoms with Gasteiger partial charge in [0.05, 0.1) is 0 Å². The van der Waals surface area contributed by atoms with Crippen molar-refractivity contribution in [3.63, 3.8) is 0 Å². The highest BCUT2D eigenvalue weighted by molar-refractivity contribution is 5.51. The topological polar surface area (TPSA) is 29.3 Å². The van der Waals surface area contributed by atoms with Gasteiger partial charge in [-0.05, 0) is 42.0 Å². The van der Waals surface area contributed by atoms with E-state index in [4.69, 9.17) is 5.73 Å². The summed E-state index contributed by atoms with van der Waals surface area (Å²) in [6, 6.07) is 17.7. The minimum absolute atomic E-state index is 0.597. The van der Waals surface area contributed by atoms with E-state index in [2.05, 4.69) is 54.3 Å². The first-order valence-electron chi connectivity index (χ1n) is 7.92. The maximum absolute atomic E-state index is 6.17. The second kappa shape index (κ2) is 6.31. The number of rotatable bonds is 4. The predicted octanol–water partition coefficient (Wildman–Crippen LogP) is 3.65. The van der Waals surface area contributed by atoms with Crippen LogP contribution in [0.15, 0.2) is 48.5 Å². The lowest BCUT2D eigenvalue weighted by Gasteiger charge is -2.36. The fourth-order valence-electron chi connectivity index (χ4n) is 3.36. The van der Waals surface area contributed by atoms with E-state index in [0.717, 1.165) is 31.6 Å². The molecule has 0 aromatic heterocycles. The van der Waals surface area contributed by atoms with Crippen molar-refractivity contribution in [1.82, 2.24) is 4.90 Å². The Morgan fingerprint density at radius 3 is 2.67 bits per heavy atom. The van der Waals surface area contributed by atoms with Crippen LogP contribution in [0.3, 0.4) is 0 Å². The van der Waals surface area contributed by atoms with Crippen LogP contribution in [0.2, 0.25) is 0 Å². The summed E-state index contributed by atoms with van der Waals surface area (Å²) >= 11 is 0. The smallest absolute Gasteiger partial charge is 0.0362 e. The number of benzene rings is 2. The second-order valence-corrected chi connectivity index (χ2v) is 5.96. The Kier molecular flexibility index (Phi) is 4.26. The van der Waals surface area contributed by atoms with Gasteiger partial charge >= 0.3 is 0 Å². The molecule has 1 unspecified atom stereocenters. The number of nitrogens with zero attached hydrogens (tertiary/aromatic N) is 1. The Balaban J connectivity index is 1.76. The van der Waals surface area contributed by atoms with E-state index < -0.39 is 0 Å². The van der Waals surface area contributed by atoms with Crippen molar-refractivity contribution >= 4 is 5.69 Å². The van der Waals surface area contributed by atoms with Gasteiger partial charge in [0.1, 0.15) is 0 Å². The SMILES string of the molecule is CCC(Cc1ccccc1)N1CCc2cccc(N)c2C1. The van der Waals surface area contributed by atoms with E-state index in [1.54, 1.807) is 0 Å². The van der Waals surface area contributed by atoms with E-state index in [-0.39, 0.29) is 0 Å². The third kappa shape index (κ3) is 3.11. The molecule has 2 N–H and O–H groups in total. The van der Waals surface area contributed by atoms with E-state index >= 15 is 0 Å². The molecule has 2 heteroatoms. The largest absolute Gasteiger partial charge is 0.398 e. The summed E-state index contributed by atoms with van der Waals surface area (Å²) in [5, 5.41) is 0. The summed E-state index contributed by atoms with van der Waals surface area (Å²) in [4.78, 5) is 2.60. The van der Waals surface area contributed by atoms with Crippen LogP contribution in [0.1, 0.15) is 30.0 Å². The quantitative estimate of drug-likeness (QED) is 0.866. The van der Waals surface area contributed by atoms with Crippen molar-refractivity contribution in [2.75, 3.05) is 12.3 Å². The monoisotopic (exact) mass is 280 g/mol. The van der Waals surface area contributed by atoms with Crippen LogP contribution in [0, 0.1) is 0 Å². The fourth-order valence-corrected chi connectivity index (χ4v) is 3.36. The molecule has 0 saturated heterocycles. The fraction of sp³-hybridized carbons (Fsp3) is 0.368. The number of fused-ring (bicyclic) bond motifs is 1. The van der Waals surface area contributed by atoms with Gasteiger partial charge in [0, 0.05) is 24.8 Å². The molecule has 0 radical (unpaired) electrons. The summed E-state index contributed by atoms with van der Waals surface area (Å²) in [5.74, 6) is 0. The number of hydrogen-bond donors (Lipinski definition) is 1. The van der Waals surface area contributed by atoms with Crippen LogP contribution in [0.4, 0.5) is 5.69 Å². The Morgan fingerprint density at radius 1 is 1.10 bits per heavy atom. The van der Waals surface area contributed by atoms with Gasteiger partial charge < -0.3 is 5.73 Å². The van der Waals surface area contributed by atoms with Crippen molar-refractivity contribution in [3.8, 4) is 0 Å². The Bertz CT molecular complexity index is 592. The molecule has 3 rings (SSSR count). The highest BCUT2D eigenvalue weighted by Crippen LogP contribution is 2.27. The summed E-state index contributed by atoms with van der Waals surface area (Å²) in [5.41, 5.74) is 11.3. The lowest BCUT2D eigenvalue weighted by atomic mass is 9.94. The van der Waals surface area contributed by atoms with Crippen LogP contribution in [0.5, 0.6) is 0 Å². The molecule has 2 aromatic carbocycles. The molecule has 0 spiro atoms. The molecular formula is C19H24N2. The first-order valence-corrected chi connectivity index (χ1v) is 7.92. The van der Waals surface area contributed by atoms with Crippen LogP contribution >= 0.6 is 0 Å². The van der Waals surface area contributed by atoms with Crippen molar-refractivity contribution in [2.24, 2.45) is 0 Å². The molecule has 110 valence electrons. The maximum Gasteiger partial charge on any atom is 0.0362 e. The first kappa shape index (κ1) is 14.2. The van der Waals surface area contributed by atoms with Gasteiger partial charge in [-0.15, -0.1) is 0 Å². The molecule has 0 saturated carbocycles. The molecule has 1 heterocycles. The normalized spacial score (nSPS) is 16.4. The zero-order chi connectivity index (χ0) is 14.7. The zero-order valence-corrected chi connectivity index (χ0v) is 12.8. The number of anilines is 1. The molecule has 0 fully saturated rings. The molecular weight excluding hydrogens is 256 g/mol. The lowest BCUT2D eigenvalue weighted by Crippen LogP contribution is -2.40. The minimum Gasteiger partial charge on any atom is -0.398 e. The van der Waals surface area contributed by atoms with Crippen LogP contribution < -0.4 is 5.73 Å². The van der Waals surface area contributed by atoms with Gasteiger partial charge in [-0.2, -0.15) is 0 Å². The third-order valence-corrected chi connectivity index (χ3v) is 4.64. The summed E-state index contributed by atoms with van der Waals surface area (Å²) in [7, 11) is 0. The van der Waals surface area contributed by atoms with Crippen molar-refractivity contribution in [1.29, 1.82) is 0 Å². The summed E-state index contributed by atoms with van der Waals surface area (Å²) in [6.45, 7) is 4.42. The highest BCUT2D eigenvalue weighted by atomic mass is 15.2. The predicted molar refractivity (Wildman–Crippen MR) is 89.2 cm³/mol. The van der Waals surface area contributed by atoms with Gasteiger partial charge in [0.15, 0.2) is 0 Å². The van der Waals surface area contributed by atoms with E-state index in [9.17, 15) is 0 Å². The van der Waals surface area contributed by atoms with E-state index in [1.807, 2.05) is 6.07 Å². The summed E-state index contributed by atoms with van der Waals surface area (Å²) < 4.78 is 0. The van der Waals surface area contributed by atoms with Crippen molar-refractivity contribution in [2.45, 2.75) is 38.8 Å². The van der Waals surface area contributed by atoms with Gasteiger partial charge in [0.25, 0.3) is 0 Å². The first-order chi connectivity index (χ1) is 10.3. The van der Waals surface area contributed by atoms with Crippen LogP contribution in [0.25, 0.3) is 0 Å². The molecule has 0 aliphatic carbocycles. The average molecular weight is 280 g/mol. The van der Waals surface area contributed by atoms with E-state index in [0.29, 0.717) is 6.04 Å². The zero-order valence-electron chi connectivity index (χ0n) is 12.8. The molecule has 0 bridgehead atoms. The third-order valence-electron chi connectivity index (χ3n) is 4.64. The molecule has 1 aliphatic heterocycles. The molecule has 2 aromatic rings. The summed E-state index contributed by atoms with van der Waals surface area (Å²) in [6.07, 6.45) is 3.42. The maximum atomic E-state index is 6.17. The molecule has 21 heavy (non-hydrogen) atoms. The molecule has 1 aliphatic rings. The van der Waals surface area contributed by atoms with E-state index in [1.165, 1.54) is 23.1 Å². The Morgan fingerprint density at radius 2 is 1.90 bits per heavy atom. The van der Waals surface area contributed by atoms with Crippen molar-refractivity contribution < 1.29 is 0 Å². The van der Waals surface area contributed by atoms with Gasteiger partial charge in [-0.1, -0.05) is 49.4 Å². The lowest BCUT2D eigenvalue weighted by molar-refractivity contribution is 0.172. The Labute approximate surface area is 127 Å². The van der Waals surface area contributed by atoms with Crippen LogP contribution in [-0.2, 0) is 19.4 Å². The number of nitrogen functional groups attached to an aromatic ring is 1. The molecule has 2 nitrogen and oxygen atoms in total. The number of hydrogen-bond acceptors (Lipinski definition) is 2. The van der Waals surface area contributed by atoms with Gasteiger partial charge in [-0.25, -0.2) is 0 Å². The number of nitrogens with two attached hydrogens (primary N) is 1. The van der Waals surface area contributed by atoms with Crippen LogP contribution in [-0.4, -0.2) is 17.5 Å². The molecule has 0 amide bonds. The molecule has 1 atom stereocenters. The second-order valence-electron chi connectivity index (χ2n) is 5.96. The highest BCUT2D eigenvalue weighted by Gasteiger charge is 2.23. The van der Waals surface area contributed by atoms with Crippen molar-refractivity contribution in [3.05, 3.63) is 65.2 Å². The van der Waals surface area contributed by atoms with Gasteiger partial charge in [-0.3, -0.25) is 4.90 Å². The Hall–Kier alpha value is -1.80. The standard InChI is InChI=1S/C19H24N2/c1-2-17(13-15-7-4-3-5-8-15)21-12-11-16-9-6-10-19(20)18(16)14-21/h3-10,17H,2,11-14,20H2,1H3. The average Bonchev–Trinajstić information content (AvgIpc) is 2.54. The van der Waals surface area contributed by atoms with Gasteiger partial charge in [0.2, 0.25) is 0 Å².